The van der Waals surface area contributed by atoms with E-state index in [9.17, 15) is 14.0 Å². The first-order chi connectivity index (χ1) is 15.1. The fourth-order valence-electron chi connectivity index (χ4n) is 4.44. The highest BCUT2D eigenvalue weighted by molar-refractivity contribution is 6.04. The number of carbonyl (C=O) groups is 2. The summed E-state index contributed by atoms with van der Waals surface area (Å²) in [5, 5.41) is 7.53. The van der Waals surface area contributed by atoms with Crippen LogP contribution in [0.3, 0.4) is 0 Å². The van der Waals surface area contributed by atoms with Gasteiger partial charge < -0.3 is 10.2 Å². The molecule has 0 atom stereocenters. The maximum absolute atomic E-state index is 13.3. The van der Waals surface area contributed by atoms with Crippen molar-refractivity contribution in [2.75, 3.05) is 11.9 Å². The molecular weight excluding hydrogens is 395 g/mol. The summed E-state index contributed by atoms with van der Waals surface area (Å²) in [6.45, 7) is 1.33. The molecule has 2 heterocycles. The molecule has 7 heteroatoms. The number of amides is 2. The average molecular weight is 418 g/mol. The molecule has 1 fully saturated rings. The number of likely N-dealkylation sites (tertiary alicyclic amines) is 1. The number of hydrogen-bond acceptors (Lipinski definition) is 3. The lowest BCUT2D eigenvalue weighted by Gasteiger charge is -2.16. The molecule has 6 nitrogen and oxygen atoms in total. The Bertz CT molecular complexity index is 1150. The molecule has 2 aromatic carbocycles. The molecule has 1 aliphatic carbocycles. The van der Waals surface area contributed by atoms with Crippen LogP contribution in [0.2, 0.25) is 0 Å². The zero-order chi connectivity index (χ0) is 21.4. The van der Waals surface area contributed by atoms with Gasteiger partial charge >= 0.3 is 0 Å². The highest BCUT2D eigenvalue weighted by Crippen LogP contribution is 2.28. The van der Waals surface area contributed by atoms with Gasteiger partial charge in [-0.1, -0.05) is 12.1 Å². The normalized spacial score (nSPS) is 15.4. The van der Waals surface area contributed by atoms with Crippen LogP contribution in [0.5, 0.6) is 0 Å². The minimum Gasteiger partial charge on any atom is -0.338 e. The van der Waals surface area contributed by atoms with Crippen molar-refractivity contribution in [3.63, 3.8) is 0 Å². The Kier molecular flexibility index (Phi) is 5.02. The zero-order valence-electron chi connectivity index (χ0n) is 17.1. The molecule has 158 valence electrons. The van der Waals surface area contributed by atoms with E-state index in [0.717, 1.165) is 54.7 Å². The molecule has 1 aromatic heterocycles. The predicted molar refractivity (Wildman–Crippen MR) is 115 cm³/mol. The quantitative estimate of drug-likeness (QED) is 0.684. The number of hydrogen-bond donors (Lipinski definition) is 1. The number of benzene rings is 2. The number of rotatable bonds is 5. The van der Waals surface area contributed by atoms with Crippen LogP contribution in [0.15, 0.2) is 48.5 Å². The maximum Gasteiger partial charge on any atom is 0.276 e. The Morgan fingerprint density at radius 3 is 2.68 bits per heavy atom. The van der Waals surface area contributed by atoms with E-state index in [0.29, 0.717) is 24.3 Å². The van der Waals surface area contributed by atoms with Gasteiger partial charge in [-0.15, -0.1) is 0 Å². The maximum atomic E-state index is 13.3. The molecule has 1 N–H and O–H groups in total. The van der Waals surface area contributed by atoms with Crippen LogP contribution in [0, 0.1) is 5.82 Å². The number of anilines is 1. The molecule has 3 aromatic rings. The lowest BCUT2D eigenvalue weighted by atomic mass is 10.1. The van der Waals surface area contributed by atoms with Crippen LogP contribution in [0.1, 0.15) is 46.6 Å². The Hall–Kier alpha value is -3.48. The van der Waals surface area contributed by atoms with E-state index in [1.807, 2.05) is 29.2 Å². The summed E-state index contributed by atoms with van der Waals surface area (Å²) >= 11 is 0. The second-order valence-electron chi connectivity index (χ2n) is 8.09. The highest BCUT2D eigenvalue weighted by Gasteiger charge is 2.27. The standard InChI is InChI=1S/C24H23FN4O2/c25-17-9-11-19(12-10-17)29-21-7-2-6-20(21)23(27-29)24(31)26-18-5-1-4-16(14-18)15-28-13-3-8-22(28)30/h1,4-5,9-12,14H,2-3,6-8,13,15H2,(H,26,31). The molecular formula is C24H23FN4O2. The smallest absolute Gasteiger partial charge is 0.276 e. The van der Waals surface area contributed by atoms with Gasteiger partial charge in [-0.3, -0.25) is 9.59 Å². The van der Waals surface area contributed by atoms with Crippen molar-refractivity contribution in [2.45, 2.75) is 38.6 Å². The molecule has 0 spiro atoms. The lowest BCUT2D eigenvalue weighted by Crippen LogP contribution is -2.23. The van der Waals surface area contributed by atoms with Gasteiger partial charge in [-0.2, -0.15) is 5.10 Å². The first-order valence-electron chi connectivity index (χ1n) is 10.6. The Balaban J connectivity index is 1.38. The molecule has 0 unspecified atom stereocenters. The van der Waals surface area contributed by atoms with Crippen molar-refractivity contribution < 1.29 is 14.0 Å². The van der Waals surface area contributed by atoms with Crippen LogP contribution in [-0.2, 0) is 24.2 Å². The number of halogens is 1. The molecule has 0 radical (unpaired) electrons. The molecule has 2 aliphatic rings. The lowest BCUT2D eigenvalue weighted by molar-refractivity contribution is -0.128. The molecule has 2 amide bonds. The van der Waals surface area contributed by atoms with Crippen LogP contribution in [-0.4, -0.2) is 33.0 Å². The number of nitrogens with one attached hydrogen (secondary N) is 1. The van der Waals surface area contributed by atoms with Gasteiger partial charge in [0.25, 0.3) is 5.91 Å². The third-order valence-corrected chi connectivity index (χ3v) is 5.95. The van der Waals surface area contributed by atoms with Gasteiger partial charge in [0.15, 0.2) is 5.69 Å². The van der Waals surface area contributed by atoms with Crippen LogP contribution in [0.25, 0.3) is 5.69 Å². The second kappa shape index (κ2) is 7.98. The molecule has 1 aliphatic heterocycles. The Morgan fingerprint density at radius 1 is 1.06 bits per heavy atom. The topological polar surface area (TPSA) is 67.2 Å². The summed E-state index contributed by atoms with van der Waals surface area (Å²) in [5.41, 5.74) is 4.79. The molecule has 5 rings (SSSR count). The van der Waals surface area contributed by atoms with E-state index >= 15 is 0 Å². The van der Waals surface area contributed by atoms with E-state index in [1.165, 1.54) is 12.1 Å². The summed E-state index contributed by atoms with van der Waals surface area (Å²) in [7, 11) is 0. The van der Waals surface area contributed by atoms with E-state index in [4.69, 9.17) is 0 Å². The van der Waals surface area contributed by atoms with Crippen LogP contribution >= 0.6 is 0 Å². The summed E-state index contributed by atoms with van der Waals surface area (Å²) in [4.78, 5) is 26.8. The fourth-order valence-corrected chi connectivity index (χ4v) is 4.44. The van der Waals surface area contributed by atoms with E-state index in [-0.39, 0.29) is 17.6 Å². The van der Waals surface area contributed by atoms with Crippen LogP contribution < -0.4 is 5.32 Å². The molecule has 1 saturated heterocycles. The van der Waals surface area contributed by atoms with Crippen molar-refractivity contribution in [3.8, 4) is 5.69 Å². The fraction of sp³-hybridized carbons (Fsp3) is 0.292. The van der Waals surface area contributed by atoms with Gasteiger partial charge in [-0.25, -0.2) is 9.07 Å². The summed E-state index contributed by atoms with van der Waals surface area (Å²) < 4.78 is 15.1. The van der Waals surface area contributed by atoms with E-state index < -0.39 is 0 Å². The van der Waals surface area contributed by atoms with E-state index in [2.05, 4.69) is 10.4 Å². The summed E-state index contributed by atoms with van der Waals surface area (Å²) in [6.07, 6.45) is 4.12. The van der Waals surface area contributed by atoms with Crippen molar-refractivity contribution in [1.82, 2.24) is 14.7 Å². The third kappa shape index (κ3) is 3.83. The number of nitrogens with zero attached hydrogens (tertiary/aromatic N) is 3. The van der Waals surface area contributed by atoms with Gasteiger partial charge in [0.1, 0.15) is 5.82 Å². The van der Waals surface area contributed by atoms with Crippen molar-refractivity contribution in [3.05, 3.63) is 76.9 Å². The SMILES string of the molecule is O=C(Nc1cccc(CN2CCCC2=O)c1)c1nn(-c2ccc(F)cc2)c2c1CCC2. The van der Waals surface area contributed by atoms with Gasteiger partial charge in [0.2, 0.25) is 5.91 Å². The van der Waals surface area contributed by atoms with Crippen LogP contribution in [0.4, 0.5) is 10.1 Å². The van der Waals surface area contributed by atoms with Gasteiger partial charge in [0, 0.05) is 36.5 Å². The minimum absolute atomic E-state index is 0.177. The highest BCUT2D eigenvalue weighted by atomic mass is 19.1. The number of aromatic nitrogens is 2. The predicted octanol–water partition coefficient (Wildman–Crippen LogP) is 3.87. The van der Waals surface area contributed by atoms with Crippen molar-refractivity contribution in [1.29, 1.82) is 0 Å². The van der Waals surface area contributed by atoms with E-state index in [1.54, 1.807) is 16.8 Å². The van der Waals surface area contributed by atoms with Crippen molar-refractivity contribution in [2.24, 2.45) is 0 Å². The molecule has 31 heavy (non-hydrogen) atoms. The summed E-state index contributed by atoms with van der Waals surface area (Å²) in [6, 6.07) is 13.7. The largest absolute Gasteiger partial charge is 0.338 e. The van der Waals surface area contributed by atoms with Gasteiger partial charge in [-0.05, 0) is 67.6 Å². The first-order valence-corrected chi connectivity index (χ1v) is 10.6. The zero-order valence-corrected chi connectivity index (χ0v) is 17.1. The monoisotopic (exact) mass is 418 g/mol. The number of fused-ring (bicyclic) bond motifs is 1. The molecule has 0 bridgehead atoms. The van der Waals surface area contributed by atoms with Gasteiger partial charge in [0.05, 0.1) is 5.69 Å². The average Bonchev–Trinajstić information content (AvgIpc) is 3.47. The number of carbonyl (C=O) groups excluding carboxylic acids is 2. The Morgan fingerprint density at radius 2 is 1.90 bits per heavy atom. The summed E-state index contributed by atoms with van der Waals surface area (Å²) in [5.74, 6) is -0.384. The van der Waals surface area contributed by atoms with Crippen molar-refractivity contribution >= 4 is 17.5 Å². The second-order valence-corrected chi connectivity index (χ2v) is 8.09. The Labute approximate surface area is 179 Å². The third-order valence-electron chi connectivity index (χ3n) is 5.95. The molecule has 0 saturated carbocycles. The first kappa shape index (κ1) is 19.5. The minimum atomic E-state index is -0.305.